The Bertz CT molecular complexity index is 1500. The summed E-state index contributed by atoms with van der Waals surface area (Å²) in [7, 11) is 0. The van der Waals surface area contributed by atoms with Crippen LogP contribution in [0.3, 0.4) is 0 Å². The van der Waals surface area contributed by atoms with E-state index in [0.717, 1.165) is 19.3 Å². The van der Waals surface area contributed by atoms with Crippen LogP contribution in [-0.4, -0.2) is 0 Å². The van der Waals surface area contributed by atoms with Crippen molar-refractivity contribution >= 4 is 11.6 Å². The summed E-state index contributed by atoms with van der Waals surface area (Å²) < 4.78 is 0. The Balaban J connectivity index is 0.000000108. The van der Waals surface area contributed by atoms with Crippen molar-refractivity contribution in [1.29, 1.82) is 0 Å². The second-order valence-electron chi connectivity index (χ2n) is 10.6. The van der Waals surface area contributed by atoms with E-state index in [4.69, 9.17) is 11.6 Å². The molecule has 0 nitrogen and oxygen atoms in total. The van der Waals surface area contributed by atoms with Gasteiger partial charge in [-0.2, -0.15) is 0 Å². The van der Waals surface area contributed by atoms with Gasteiger partial charge in [0.05, 0.1) is 0 Å². The summed E-state index contributed by atoms with van der Waals surface area (Å²) >= 11 is 4.76. The number of hydrogen-bond donors (Lipinski definition) is 0. The topological polar surface area (TPSA) is 0 Å². The fourth-order valence-corrected chi connectivity index (χ4v) is 6.24. The molecule has 6 aromatic rings. The first-order chi connectivity index (χ1) is 20.8. The van der Waals surface area contributed by atoms with Crippen LogP contribution in [0, 0.1) is 0 Å². The number of hydrogen-bond acceptors (Lipinski definition) is 0. The van der Waals surface area contributed by atoms with Crippen molar-refractivity contribution in [3.05, 3.63) is 191 Å². The van der Waals surface area contributed by atoms with Crippen LogP contribution in [0.2, 0.25) is 0 Å². The first kappa shape index (κ1) is 27.5. The fraction of sp³-hybridized carbons (Fsp3) is 0.0732. The molecule has 9 rings (SSSR count). The lowest BCUT2D eigenvalue weighted by Gasteiger charge is -1.98. The van der Waals surface area contributed by atoms with Crippen LogP contribution in [0.1, 0.15) is 33.4 Å². The summed E-state index contributed by atoms with van der Waals surface area (Å²) in [6.07, 6.45) is 3.31. The Morgan fingerprint density at radius 2 is 0.476 bits per heavy atom. The van der Waals surface area contributed by atoms with Gasteiger partial charge in [0, 0.05) is 0 Å². The highest BCUT2D eigenvalue weighted by Crippen LogP contribution is 2.37. The molecule has 0 N–H and O–H groups in total. The molecule has 1 heteroatoms. The van der Waals surface area contributed by atoms with E-state index in [9.17, 15) is 0 Å². The lowest BCUT2D eigenvalue weighted by atomic mass is 10.1. The average molecular weight is 561 g/mol. The van der Waals surface area contributed by atoms with E-state index >= 15 is 0 Å². The molecule has 0 amide bonds. The Labute approximate surface area is 254 Å². The minimum Gasteiger partial charge on any atom is -0.0936 e. The zero-order chi connectivity index (χ0) is 28.7. The summed E-state index contributed by atoms with van der Waals surface area (Å²) in [5, 5.41) is 0. The fourth-order valence-electron chi connectivity index (χ4n) is 6.24. The standard InChI is InChI=1S/3C13H10.C2H3Cl/c3*1-3-7-12-10(5-1)9-11-6-2-4-8-13(11)12;1-2-3/h3*1-8H,9H2;2H,1H2. The van der Waals surface area contributed by atoms with Crippen LogP contribution in [0.25, 0.3) is 33.4 Å². The van der Waals surface area contributed by atoms with Gasteiger partial charge in [-0.3, -0.25) is 0 Å². The first-order valence-corrected chi connectivity index (χ1v) is 14.9. The maximum absolute atomic E-state index is 4.76. The molecule has 0 radical (unpaired) electrons. The van der Waals surface area contributed by atoms with Gasteiger partial charge in [0.25, 0.3) is 0 Å². The smallest absolute Gasteiger partial charge is 0.00135 e. The van der Waals surface area contributed by atoms with Crippen molar-refractivity contribution in [3.63, 3.8) is 0 Å². The van der Waals surface area contributed by atoms with Gasteiger partial charge in [-0.15, -0.1) is 0 Å². The van der Waals surface area contributed by atoms with E-state index in [1.165, 1.54) is 72.3 Å². The summed E-state index contributed by atoms with van der Waals surface area (Å²) in [6.45, 7) is 3.13. The van der Waals surface area contributed by atoms with Crippen LogP contribution in [0.15, 0.2) is 158 Å². The van der Waals surface area contributed by atoms with Gasteiger partial charge in [0.2, 0.25) is 0 Å². The summed E-state index contributed by atoms with van der Waals surface area (Å²) in [6, 6.07) is 51.9. The maximum atomic E-state index is 4.76. The molecule has 0 bridgehead atoms. The monoisotopic (exact) mass is 560 g/mol. The minimum atomic E-state index is 1.10. The Kier molecular flexibility index (Phi) is 8.45. The zero-order valence-corrected chi connectivity index (χ0v) is 24.4. The number of halogens is 1. The van der Waals surface area contributed by atoms with Gasteiger partial charge in [-0.25, -0.2) is 0 Å². The summed E-state index contributed by atoms with van der Waals surface area (Å²) in [4.78, 5) is 0. The number of fused-ring (bicyclic) bond motifs is 9. The van der Waals surface area contributed by atoms with Gasteiger partial charge < -0.3 is 0 Å². The van der Waals surface area contributed by atoms with E-state index in [1.807, 2.05) is 0 Å². The lowest BCUT2D eigenvalue weighted by molar-refractivity contribution is 1.26. The summed E-state index contributed by atoms with van der Waals surface area (Å²) in [5.41, 5.74) is 18.5. The van der Waals surface area contributed by atoms with Crippen LogP contribution >= 0.6 is 11.6 Å². The maximum Gasteiger partial charge on any atom is -0.00135 e. The zero-order valence-electron chi connectivity index (χ0n) is 23.6. The molecule has 0 aromatic heterocycles. The third-order valence-electron chi connectivity index (χ3n) is 8.12. The molecule has 0 fully saturated rings. The summed E-state index contributed by atoms with van der Waals surface area (Å²) in [5.74, 6) is 0. The molecule has 0 saturated carbocycles. The van der Waals surface area contributed by atoms with E-state index in [-0.39, 0.29) is 0 Å². The minimum absolute atomic E-state index is 1.10. The molecule has 6 aromatic carbocycles. The van der Waals surface area contributed by atoms with E-state index in [2.05, 4.69) is 152 Å². The molecular formula is C41H33Cl. The van der Waals surface area contributed by atoms with Crippen molar-refractivity contribution in [3.8, 4) is 33.4 Å². The predicted octanol–water partition coefficient (Wildman–Crippen LogP) is 11.1. The Hall–Kier alpha value is -4.65. The van der Waals surface area contributed by atoms with E-state index in [0.29, 0.717) is 0 Å². The molecule has 3 aliphatic rings. The quantitative estimate of drug-likeness (QED) is 0.173. The largest absolute Gasteiger partial charge is 0.0936 e. The van der Waals surface area contributed by atoms with Crippen molar-refractivity contribution < 1.29 is 0 Å². The SMILES string of the molecule is C=CCl.c1ccc2c(c1)Cc1ccccc1-2.c1ccc2c(c1)Cc1ccccc1-2.c1ccc2c(c1)Cc1ccccc1-2. The van der Waals surface area contributed by atoms with Crippen LogP contribution in [-0.2, 0) is 19.3 Å². The van der Waals surface area contributed by atoms with Crippen LogP contribution < -0.4 is 0 Å². The predicted molar refractivity (Wildman–Crippen MR) is 180 cm³/mol. The Morgan fingerprint density at radius 3 is 0.643 bits per heavy atom. The number of benzene rings is 6. The van der Waals surface area contributed by atoms with Gasteiger partial charge in [-0.1, -0.05) is 164 Å². The second kappa shape index (κ2) is 12.9. The van der Waals surface area contributed by atoms with Gasteiger partial charge >= 0.3 is 0 Å². The average Bonchev–Trinajstić information content (AvgIpc) is 3.73. The highest BCUT2D eigenvalue weighted by molar-refractivity contribution is 6.25. The molecule has 0 saturated heterocycles. The molecule has 0 atom stereocenters. The van der Waals surface area contributed by atoms with Crippen molar-refractivity contribution in [2.24, 2.45) is 0 Å². The molecule has 204 valence electrons. The molecule has 0 aliphatic heterocycles. The van der Waals surface area contributed by atoms with E-state index < -0.39 is 0 Å². The van der Waals surface area contributed by atoms with Crippen LogP contribution in [0.5, 0.6) is 0 Å². The van der Waals surface area contributed by atoms with Crippen molar-refractivity contribution in [2.75, 3.05) is 0 Å². The van der Waals surface area contributed by atoms with Gasteiger partial charge in [0.1, 0.15) is 0 Å². The second-order valence-corrected chi connectivity index (χ2v) is 10.9. The normalized spacial score (nSPS) is 11.7. The van der Waals surface area contributed by atoms with E-state index in [1.54, 1.807) is 0 Å². The molecule has 0 heterocycles. The van der Waals surface area contributed by atoms with Crippen LogP contribution in [0.4, 0.5) is 0 Å². The Morgan fingerprint density at radius 1 is 0.333 bits per heavy atom. The molecule has 0 spiro atoms. The molecule has 42 heavy (non-hydrogen) atoms. The lowest BCUT2D eigenvalue weighted by Crippen LogP contribution is -1.77. The number of rotatable bonds is 0. The third-order valence-corrected chi connectivity index (χ3v) is 8.12. The molecule has 0 unspecified atom stereocenters. The highest BCUT2D eigenvalue weighted by atomic mass is 35.5. The molecule has 3 aliphatic carbocycles. The first-order valence-electron chi connectivity index (χ1n) is 14.5. The highest BCUT2D eigenvalue weighted by Gasteiger charge is 2.17. The van der Waals surface area contributed by atoms with Gasteiger partial charge in [0.15, 0.2) is 0 Å². The third kappa shape index (κ3) is 5.73. The van der Waals surface area contributed by atoms with Crippen molar-refractivity contribution in [2.45, 2.75) is 19.3 Å². The van der Waals surface area contributed by atoms with Crippen molar-refractivity contribution in [1.82, 2.24) is 0 Å². The molecular weight excluding hydrogens is 528 g/mol. The van der Waals surface area contributed by atoms with Gasteiger partial charge in [-0.05, 0) is 91.6 Å².